The van der Waals surface area contributed by atoms with E-state index in [1.807, 2.05) is 19.1 Å². The van der Waals surface area contributed by atoms with Gasteiger partial charge in [-0.25, -0.2) is 4.79 Å². The van der Waals surface area contributed by atoms with Gasteiger partial charge in [-0.05, 0) is 85.7 Å². The lowest BCUT2D eigenvalue weighted by molar-refractivity contribution is -0.132. The van der Waals surface area contributed by atoms with Crippen molar-refractivity contribution in [2.75, 3.05) is 11.5 Å². The molecule has 1 aromatic heterocycles. The van der Waals surface area contributed by atoms with E-state index in [1.165, 1.54) is 10.5 Å². The summed E-state index contributed by atoms with van der Waals surface area (Å²) in [5.41, 5.74) is 4.12. The Hall–Kier alpha value is -4.26. The number of carbonyl (C=O) groups is 3. The molecular weight excluding hydrogens is 468 g/mol. The summed E-state index contributed by atoms with van der Waals surface area (Å²) >= 11 is 0. The lowest BCUT2D eigenvalue weighted by atomic mass is 9.89. The van der Waals surface area contributed by atoms with Crippen molar-refractivity contribution in [2.24, 2.45) is 0 Å². The van der Waals surface area contributed by atoms with Crippen molar-refractivity contribution in [3.05, 3.63) is 100 Å². The van der Waals surface area contributed by atoms with Gasteiger partial charge in [0.15, 0.2) is 0 Å². The normalized spacial score (nSPS) is 18.5. The molecule has 1 N–H and O–H groups in total. The first-order valence-electron chi connectivity index (χ1n) is 12.6. The van der Waals surface area contributed by atoms with Gasteiger partial charge in [0.1, 0.15) is 11.8 Å². The van der Waals surface area contributed by atoms with Crippen LogP contribution in [0, 0.1) is 0 Å². The Morgan fingerprint density at radius 2 is 1.73 bits per heavy atom. The maximum atomic E-state index is 13.4. The van der Waals surface area contributed by atoms with Crippen LogP contribution in [-0.2, 0) is 27.2 Å². The van der Waals surface area contributed by atoms with Gasteiger partial charge in [-0.15, -0.1) is 0 Å². The number of esters is 1. The first-order chi connectivity index (χ1) is 18.0. The van der Waals surface area contributed by atoms with Crippen LogP contribution < -0.4 is 4.90 Å². The van der Waals surface area contributed by atoms with Crippen molar-refractivity contribution < 1.29 is 24.2 Å². The maximum Gasteiger partial charge on any atom is 0.338 e. The molecule has 1 unspecified atom stereocenters. The van der Waals surface area contributed by atoms with Gasteiger partial charge < -0.3 is 9.84 Å². The molecule has 7 heteroatoms. The Labute approximate surface area is 215 Å². The summed E-state index contributed by atoms with van der Waals surface area (Å²) in [5.74, 6) is -2.22. The molecule has 2 aromatic carbocycles. The molecule has 7 nitrogen and oxygen atoms in total. The van der Waals surface area contributed by atoms with Gasteiger partial charge in [-0.3, -0.25) is 19.5 Å². The van der Waals surface area contributed by atoms with Gasteiger partial charge in [-0.1, -0.05) is 25.1 Å². The molecule has 0 saturated carbocycles. The smallest absolute Gasteiger partial charge is 0.338 e. The predicted molar refractivity (Wildman–Crippen MR) is 139 cm³/mol. The lowest BCUT2D eigenvalue weighted by Crippen LogP contribution is -2.29. The maximum absolute atomic E-state index is 13.4. The summed E-state index contributed by atoms with van der Waals surface area (Å²) in [4.78, 5) is 44.7. The Morgan fingerprint density at radius 3 is 2.43 bits per heavy atom. The van der Waals surface area contributed by atoms with E-state index in [-0.39, 0.29) is 11.3 Å². The van der Waals surface area contributed by atoms with Crippen LogP contribution >= 0.6 is 0 Å². The standard InChI is InChI=1S/C30H28N2O5/c1-2-17-37-30(36)20-12-14-23(15-13-20)32-26(24-9-5-6-16-31-24)25(28(34)29(32)35)27(33)22-11-10-19-7-3-4-8-21(19)18-22/h5-6,9-16,18,26,33H,2-4,7-8,17H2,1H3/b27-25-. The minimum Gasteiger partial charge on any atom is -0.507 e. The number of aryl methyl sites for hydroxylation is 2. The average molecular weight is 497 g/mol. The minimum atomic E-state index is -0.921. The summed E-state index contributed by atoms with van der Waals surface area (Å²) in [5, 5.41) is 11.4. The molecule has 0 spiro atoms. The Kier molecular flexibility index (Phi) is 6.86. The zero-order valence-corrected chi connectivity index (χ0v) is 20.6. The molecule has 2 heterocycles. The van der Waals surface area contributed by atoms with Gasteiger partial charge in [0.05, 0.1) is 23.4 Å². The quantitative estimate of drug-likeness (QED) is 0.219. The van der Waals surface area contributed by atoms with Gasteiger partial charge in [0.25, 0.3) is 11.7 Å². The largest absolute Gasteiger partial charge is 0.507 e. The van der Waals surface area contributed by atoms with Gasteiger partial charge in [0, 0.05) is 17.4 Å². The number of Topliss-reactive ketones (excluding diaryl/α,β-unsaturated/α-hetero) is 1. The third kappa shape index (κ3) is 4.65. The highest BCUT2D eigenvalue weighted by Crippen LogP contribution is 2.41. The van der Waals surface area contributed by atoms with E-state index in [9.17, 15) is 19.5 Å². The van der Waals surface area contributed by atoms with E-state index < -0.39 is 23.7 Å². The van der Waals surface area contributed by atoms with Crippen LogP contribution in [0.15, 0.2) is 72.4 Å². The molecule has 2 aliphatic rings. The molecule has 0 bridgehead atoms. The van der Waals surface area contributed by atoms with E-state index >= 15 is 0 Å². The molecule has 37 heavy (non-hydrogen) atoms. The zero-order chi connectivity index (χ0) is 25.9. The number of rotatable bonds is 6. The van der Waals surface area contributed by atoms with Crippen molar-refractivity contribution in [3.8, 4) is 0 Å². The number of fused-ring (bicyclic) bond motifs is 1. The molecule has 1 saturated heterocycles. The second-order valence-electron chi connectivity index (χ2n) is 9.30. The number of benzene rings is 2. The van der Waals surface area contributed by atoms with Crippen LogP contribution in [0.2, 0.25) is 0 Å². The van der Waals surface area contributed by atoms with E-state index in [0.717, 1.165) is 31.2 Å². The van der Waals surface area contributed by atoms with Crippen molar-refractivity contribution >= 4 is 29.1 Å². The molecule has 1 fully saturated rings. The number of nitrogens with zero attached hydrogens (tertiary/aromatic N) is 2. The summed E-state index contributed by atoms with van der Waals surface area (Å²) in [6, 6.07) is 16.4. The number of hydrogen-bond donors (Lipinski definition) is 1. The van der Waals surface area contributed by atoms with Crippen LogP contribution in [0.4, 0.5) is 5.69 Å². The average Bonchev–Trinajstić information content (AvgIpc) is 3.21. The minimum absolute atomic E-state index is 0.00843. The predicted octanol–water partition coefficient (Wildman–Crippen LogP) is 5.15. The van der Waals surface area contributed by atoms with E-state index in [0.29, 0.717) is 35.5 Å². The fraction of sp³-hybridized carbons (Fsp3) is 0.267. The zero-order valence-electron chi connectivity index (χ0n) is 20.6. The monoisotopic (exact) mass is 496 g/mol. The van der Waals surface area contributed by atoms with Gasteiger partial charge >= 0.3 is 5.97 Å². The third-order valence-electron chi connectivity index (χ3n) is 6.85. The Morgan fingerprint density at radius 1 is 1.00 bits per heavy atom. The topological polar surface area (TPSA) is 96.8 Å². The number of carbonyl (C=O) groups excluding carboxylic acids is 3. The summed E-state index contributed by atoms with van der Waals surface area (Å²) < 4.78 is 5.18. The number of ether oxygens (including phenoxy) is 1. The fourth-order valence-electron chi connectivity index (χ4n) is 4.99. The molecule has 1 amide bonds. The number of ketones is 1. The van der Waals surface area contributed by atoms with Crippen molar-refractivity contribution in [1.29, 1.82) is 0 Å². The van der Waals surface area contributed by atoms with Crippen molar-refractivity contribution in [3.63, 3.8) is 0 Å². The Bertz CT molecular complexity index is 1380. The summed E-state index contributed by atoms with van der Waals surface area (Å²) in [6.45, 7) is 2.23. The highest BCUT2D eigenvalue weighted by molar-refractivity contribution is 6.51. The number of aliphatic hydroxyl groups is 1. The second kappa shape index (κ2) is 10.4. The van der Waals surface area contributed by atoms with Crippen molar-refractivity contribution in [2.45, 2.75) is 45.1 Å². The fourth-order valence-corrected chi connectivity index (χ4v) is 4.99. The number of pyridine rings is 1. The number of hydrogen-bond acceptors (Lipinski definition) is 6. The molecule has 1 aliphatic carbocycles. The molecule has 5 rings (SSSR count). The van der Waals surface area contributed by atoms with E-state index in [4.69, 9.17) is 4.74 Å². The number of aromatic nitrogens is 1. The third-order valence-corrected chi connectivity index (χ3v) is 6.85. The first kappa shape index (κ1) is 24.4. The molecule has 1 atom stereocenters. The molecule has 188 valence electrons. The van der Waals surface area contributed by atoms with Crippen LogP contribution in [0.25, 0.3) is 5.76 Å². The SMILES string of the molecule is CCCOC(=O)c1ccc(N2C(=O)C(=O)/C(=C(\O)c3ccc4c(c3)CCCC4)C2c2ccccn2)cc1. The highest BCUT2D eigenvalue weighted by Gasteiger charge is 2.47. The van der Waals surface area contributed by atoms with E-state index in [2.05, 4.69) is 4.98 Å². The van der Waals surface area contributed by atoms with Gasteiger partial charge in [-0.2, -0.15) is 0 Å². The highest BCUT2D eigenvalue weighted by atomic mass is 16.5. The molecule has 1 aliphatic heterocycles. The van der Waals surface area contributed by atoms with Crippen molar-refractivity contribution in [1.82, 2.24) is 4.98 Å². The molecule has 3 aromatic rings. The molecular formula is C30H28N2O5. The van der Waals surface area contributed by atoms with E-state index in [1.54, 1.807) is 54.7 Å². The second-order valence-corrected chi connectivity index (χ2v) is 9.30. The van der Waals surface area contributed by atoms with Crippen LogP contribution in [0.3, 0.4) is 0 Å². The number of aliphatic hydroxyl groups excluding tert-OH is 1. The first-order valence-corrected chi connectivity index (χ1v) is 12.6. The lowest BCUT2D eigenvalue weighted by Gasteiger charge is -2.25. The number of amides is 1. The van der Waals surface area contributed by atoms with Crippen LogP contribution in [0.5, 0.6) is 0 Å². The summed E-state index contributed by atoms with van der Waals surface area (Å²) in [6.07, 6.45) is 6.43. The number of anilines is 1. The summed E-state index contributed by atoms with van der Waals surface area (Å²) in [7, 11) is 0. The van der Waals surface area contributed by atoms with Crippen LogP contribution in [-0.4, -0.2) is 34.4 Å². The van der Waals surface area contributed by atoms with Gasteiger partial charge in [0.2, 0.25) is 0 Å². The Balaban J connectivity index is 1.58. The van der Waals surface area contributed by atoms with Crippen LogP contribution in [0.1, 0.15) is 65.0 Å². The molecule has 0 radical (unpaired) electrons.